The van der Waals surface area contributed by atoms with E-state index in [0.717, 1.165) is 23.2 Å². The van der Waals surface area contributed by atoms with Crippen molar-refractivity contribution in [2.45, 2.75) is 39.4 Å². The molecule has 2 aliphatic heterocycles. The Morgan fingerprint density at radius 2 is 1.82 bits per heavy atom. The van der Waals surface area contributed by atoms with Gasteiger partial charge in [0.25, 0.3) is 17.0 Å². The first-order valence-electron chi connectivity index (χ1n) is 15.7. The van der Waals surface area contributed by atoms with Gasteiger partial charge in [0, 0.05) is 33.2 Å². The smallest absolute Gasteiger partial charge is 0.431 e. The van der Waals surface area contributed by atoms with E-state index in [0.29, 0.717) is 36.0 Å². The van der Waals surface area contributed by atoms with Gasteiger partial charge in [-0.3, -0.25) is 19.2 Å². The quantitative estimate of drug-likeness (QED) is 0.285. The molecule has 264 valence electrons. The molecule has 6 rings (SSSR count). The van der Waals surface area contributed by atoms with Gasteiger partial charge in [-0.05, 0) is 37.5 Å². The van der Waals surface area contributed by atoms with Crippen molar-refractivity contribution in [1.82, 2.24) is 38.6 Å². The number of nitrogens with one attached hydrogen (secondary N) is 1. The molecule has 0 bridgehead atoms. The largest absolute Gasteiger partial charge is 0.504 e. The topological polar surface area (TPSA) is 182 Å². The first-order chi connectivity index (χ1) is 23.8. The summed E-state index contributed by atoms with van der Waals surface area (Å²) >= 11 is 0. The Labute approximate surface area is 281 Å². The number of nitrogens with zero attached hydrogens (tertiary/aromatic N) is 9. The number of aromatic hydroxyl groups is 1. The van der Waals surface area contributed by atoms with Gasteiger partial charge in [0.15, 0.2) is 17.3 Å². The fourth-order valence-electron chi connectivity index (χ4n) is 6.05. The molecule has 0 unspecified atom stereocenters. The van der Waals surface area contributed by atoms with Gasteiger partial charge < -0.3 is 34.1 Å². The summed E-state index contributed by atoms with van der Waals surface area (Å²) in [6.45, 7) is 4.41. The van der Waals surface area contributed by atoms with Crippen LogP contribution in [0.4, 0.5) is 24.5 Å². The van der Waals surface area contributed by atoms with Gasteiger partial charge in [-0.2, -0.15) is 22.7 Å². The van der Waals surface area contributed by atoms with Crippen molar-refractivity contribution >= 4 is 34.5 Å². The zero-order chi connectivity index (χ0) is 35.9. The molecule has 2 N–H and O–H groups in total. The number of carbonyl (C=O) groups excluding carboxylic acids is 2. The van der Waals surface area contributed by atoms with Gasteiger partial charge in [0.05, 0.1) is 24.6 Å². The van der Waals surface area contributed by atoms with Crippen molar-refractivity contribution in [3.8, 4) is 5.75 Å². The number of piperazine rings is 1. The third-order valence-electron chi connectivity index (χ3n) is 8.67. The number of fused-ring (bicyclic) bond motifs is 1. The summed E-state index contributed by atoms with van der Waals surface area (Å²) in [6, 6.07) is 1.60. The van der Waals surface area contributed by atoms with Crippen molar-refractivity contribution in [3.05, 3.63) is 73.8 Å². The van der Waals surface area contributed by atoms with Crippen molar-refractivity contribution in [3.63, 3.8) is 0 Å². The maximum Gasteiger partial charge on any atom is 0.431 e. The van der Waals surface area contributed by atoms with Crippen LogP contribution >= 0.6 is 0 Å². The molecule has 1 saturated heterocycles. The SMILES string of the molecule is CCc1c(N2CCN(C(=O)c3ncnc(C)c3O)CC2)c(=O)n2nc(C3=CCOCC3)nc2n1CC(=O)Nc1ccc(C(F)(F)F)n(C)c1=O. The Bertz CT molecular complexity index is 2150. The first-order valence-corrected chi connectivity index (χ1v) is 15.7. The fourth-order valence-corrected chi connectivity index (χ4v) is 6.05. The molecule has 0 radical (unpaired) electrons. The maximum atomic E-state index is 14.1. The van der Waals surface area contributed by atoms with Gasteiger partial charge in [-0.25, -0.2) is 9.97 Å². The molecule has 0 aromatic carbocycles. The molecule has 6 heterocycles. The number of carbonyl (C=O) groups is 2. The summed E-state index contributed by atoms with van der Waals surface area (Å²) in [5.74, 6) is -1.23. The lowest BCUT2D eigenvalue weighted by molar-refractivity contribution is -0.143. The monoisotopic (exact) mass is 698 g/mol. The molecule has 4 aromatic heterocycles. The predicted octanol–water partition coefficient (Wildman–Crippen LogP) is 1.38. The molecular formula is C31H33F3N10O6. The molecular weight excluding hydrogens is 665 g/mol. The molecule has 1 fully saturated rings. The minimum atomic E-state index is -4.77. The normalized spacial score (nSPS) is 15.4. The predicted molar refractivity (Wildman–Crippen MR) is 172 cm³/mol. The van der Waals surface area contributed by atoms with Crippen LogP contribution in [0.5, 0.6) is 5.75 Å². The Morgan fingerprint density at radius 1 is 1.08 bits per heavy atom. The average molecular weight is 699 g/mol. The van der Waals surface area contributed by atoms with E-state index in [-0.39, 0.29) is 72.7 Å². The van der Waals surface area contributed by atoms with Crippen LogP contribution in [0, 0.1) is 6.92 Å². The number of anilines is 2. The van der Waals surface area contributed by atoms with Gasteiger partial charge >= 0.3 is 6.18 Å². The lowest BCUT2D eigenvalue weighted by Gasteiger charge is -2.36. The van der Waals surface area contributed by atoms with E-state index in [4.69, 9.17) is 4.74 Å². The highest BCUT2D eigenvalue weighted by molar-refractivity contribution is 5.95. The zero-order valence-corrected chi connectivity index (χ0v) is 27.3. The van der Waals surface area contributed by atoms with Gasteiger partial charge in [-0.15, -0.1) is 5.10 Å². The molecule has 19 heteroatoms. The van der Waals surface area contributed by atoms with E-state index >= 15 is 0 Å². The summed E-state index contributed by atoms with van der Waals surface area (Å²) in [5, 5.41) is 17.3. The van der Waals surface area contributed by atoms with E-state index in [1.165, 1.54) is 15.8 Å². The lowest BCUT2D eigenvalue weighted by atomic mass is 10.1. The van der Waals surface area contributed by atoms with Crippen LogP contribution in [0.25, 0.3) is 11.4 Å². The first kappa shape index (κ1) is 34.3. The van der Waals surface area contributed by atoms with Crippen LogP contribution in [-0.2, 0) is 35.7 Å². The third-order valence-corrected chi connectivity index (χ3v) is 8.67. The summed E-state index contributed by atoms with van der Waals surface area (Å²) in [6.07, 6.45) is -1.03. The van der Waals surface area contributed by atoms with Crippen molar-refractivity contribution in [2.24, 2.45) is 7.05 Å². The van der Waals surface area contributed by atoms with Crippen molar-refractivity contribution in [1.29, 1.82) is 0 Å². The lowest BCUT2D eigenvalue weighted by Crippen LogP contribution is -2.51. The van der Waals surface area contributed by atoms with Gasteiger partial charge in [-0.1, -0.05) is 13.0 Å². The number of hydrogen-bond donors (Lipinski definition) is 2. The molecule has 2 amide bonds. The second-order valence-corrected chi connectivity index (χ2v) is 11.7. The molecule has 50 heavy (non-hydrogen) atoms. The molecule has 16 nitrogen and oxygen atoms in total. The highest BCUT2D eigenvalue weighted by Gasteiger charge is 2.34. The Hall–Kier alpha value is -5.59. The zero-order valence-electron chi connectivity index (χ0n) is 27.3. The van der Waals surface area contributed by atoms with E-state index < -0.39 is 41.3 Å². The Kier molecular flexibility index (Phi) is 9.17. The van der Waals surface area contributed by atoms with E-state index in [2.05, 4.69) is 25.4 Å². The number of aryl methyl sites for hydroxylation is 1. The highest BCUT2D eigenvalue weighted by Crippen LogP contribution is 2.29. The van der Waals surface area contributed by atoms with Crippen LogP contribution in [0.1, 0.15) is 46.7 Å². The summed E-state index contributed by atoms with van der Waals surface area (Å²) in [4.78, 5) is 69.3. The number of halogens is 3. The summed E-state index contributed by atoms with van der Waals surface area (Å²) in [7, 11) is 0.959. The van der Waals surface area contributed by atoms with Gasteiger partial charge in [0.1, 0.15) is 29.9 Å². The van der Waals surface area contributed by atoms with Crippen LogP contribution in [0.15, 0.2) is 34.1 Å². The number of ether oxygens (including phenoxy) is 1. The third kappa shape index (κ3) is 6.30. The fraction of sp³-hybridized carbons (Fsp3) is 0.419. The molecule has 0 spiro atoms. The van der Waals surface area contributed by atoms with Gasteiger partial charge in [0.2, 0.25) is 11.7 Å². The minimum absolute atomic E-state index is 0.0527. The van der Waals surface area contributed by atoms with Crippen LogP contribution < -0.4 is 21.3 Å². The number of hydrogen-bond acceptors (Lipinski definition) is 11. The molecule has 4 aromatic rings. The van der Waals surface area contributed by atoms with E-state index in [9.17, 15) is 37.5 Å². The van der Waals surface area contributed by atoms with Crippen LogP contribution in [0.3, 0.4) is 0 Å². The standard InChI is InChI=1S/C31H33F3N10O6/c1-4-20-24(41-9-11-42(12-10-41)28(48)23-25(46)17(2)35-16-36-23)29(49)44-30(38-26(39-44)18-7-13-50-14-8-18)43(20)15-22(45)37-19-5-6-21(31(32,33)34)40(3)27(19)47/h5-7,16,46H,4,8-15H2,1-3H3,(H,37,45). The number of amides is 2. The van der Waals surface area contributed by atoms with E-state index in [1.54, 1.807) is 24.8 Å². The molecule has 0 aliphatic carbocycles. The second-order valence-electron chi connectivity index (χ2n) is 11.7. The number of aromatic nitrogens is 7. The average Bonchev–Trinajstić information content (AvgIpc) is 3.55. The summed E-state index contributed by atoms with van der Waals surface area (Å²) < 4.78 is 48.4. The van der Waals surface area contributed by atoms with Crippen LogP contribution in [-0.4, -0.2) is 94.9 Å². The molecule has 0 saturated carbocycles. The van der Waals surface area contributed by atoms with E-state index in [1.807, 2.05) is 0 Å². The Balaban J connectivity index is 1.36. The number of alkyl halides is 3. The minimum Gasteiger partial charge on any atom is -0.504 e. The number of rotatable bonds is 7. The maximum absolute atomic E-state index is 14.1. The Morgan fingerprint density at radius 3 is 2.48 bits per heavy atom. The van der Waals surface area contributed by atoms with Crippen LogP contribution in [0.2, 0.25) is 0 Å². The van der Waals surface area contributed by atoms with Crippen molar-refractivity contribution in [2.75, 3.05) is 49.6 Å². The second kappa shape index (κ2) is 13.4. The highest BCUT2D eigenvalue weighted by atomic mass is 19.4. The molecule has 2 aliphatic rings. The summed E-state index contributed by atoms with van der Waals surface area (Å²) in [5.41, 5.74) is -1.57. The molecule has 0 atom stereocenters. The number of pyridine rings is 1. The van der Waals surface area contributed by atoms with Crippen molar-refractivity contribution < 1.29 is 32.6 Å².